The summed E-state index contributed by atoms with van der Waals surface area (Å²) in [5, 5.41) is 6.38. The number of benzene rings is 1. The molecule has 5 heteroatoms. The van der Waals surface area contributed by atoms with E-state index in [0.29, 0.717) is 23.8 Å². The second-order valence-electron chi connectivity index (χ2n) is 8.31. The van der Waals surface area contributed by atoms with Crippen molar-refractivity contribution in [2.45, 2.75) is 52.4 Å². The molecule has 2 amide bonds. The van der Waals surface area contributed by atoms with Gasteiger partial charge in [0.25, 0.3) is 5.91 Å². The fourth-order valence-corrected chi connectivity index (χ4v) is 4.21. The molecule has 0 spiro atoms. The summed E-state index contributed by atoms with van der Waals surface area (Å²) in [6.07, 6.45) is 6.13. The minimum absolute atomic E-state index is 0.0700. The normalized spacial score (nSPS) is 21.1. The van der Waals surface area contributed by atoms with E-state index in [1.807, 2.05) is 30.0 Å². The number of piperidine rings is 2. The fourth-order valence-electron chi connectivity index (χ4n) is 4.21. The summed E-state index contributed by atoms with van der Waals surface area (Å²) in [7, 11) is 0. The second kappa shape index (κ2) is 9.36. The number of carbonyl (C=O) groups is 2. The van der Waals surface area contributed by atoms with E-state index in [4.69, 9.17) is 0 Å². The number of likely N-dealkylation sites (tertiary alicyclic amines) is 1. The van der Waals surface area contributed by atoms with Crippen molar-refractivity contribution in [2.24, 2.45) is 11.8 Å². The van der Waals surface area contributed by atoms with Crippen LogP contribution in [0.25, 0.3) is 0 Å². The quantitative estimate of drug-likeness (QED) is 0.831. The Morgan fingerprint density at radius 1 is 1.22 bits per heavy atom. The summed E-state index contributed by atoms with van der Waals surface area (Å²) >= 11 is 0. The zero-order chi connectivity index (χ0) is 19.2. The van der Waals surface area contributed by atoms with Crippen molar-refractivity contribution in [2.75, 3.05) is 31.5 Å². The van der Waals surface area contributed by atoms with Crippen LogP contribution >= 0.6 is 0 Å². The number of nitrogens with one attached hydrogen (secondary N) is 2. The van der Waals surface area contributed by atoms with Crippen molar-refractivity contribution >= 4 is 17.5 Å². The minimum atomic E-state index is 0.0700. The SMILES string of the molecule is Cc1cc(C(=O)N2CCCC(C)C2)ccc1NC(=O)CCC1CCNCC1. The van der Waals surface area contributed by atoms with Crippen LogP contribution in [0.4, 0.5) is 5.69 Å². The van der Waals surface area contributed by atoms with E-state index in [9.17, 15) is 9.59 Å². The lowest BCUT2D eigenvalue weighted by atomic mass is 9.93. The van der Waals surface area contributed by atoms with Crippen molar-refractivity contribution in [3.8, 4) is 0 Å². The third kappa shape index (κ3) is 5.55. The minimum Gasteiger partial charge on any atom is -0.338 e. The lowest BCUT2D eigenvalue weighted by molar-refractivity contribution is -0.116. The van der Waals surface area contributed by atoms with E-state index < -0.39 is 0 Å². The van der Waals surface area contributed by atoms with Gasteiger partial charge in [-0.3, -0.25) is 9.59 Å². The number of amides is 2. The molecule has 2 fully saturated rings. The molecule has 5 nitrogen and oxygen atoms in total. The first-order valence-electron chi connectivity index (χ1n) is 10.4. The maximum absolute atomic E-state index is 12.7. The Labute approximate surface area is 162 Å². The van der Waals surface area contributed by atoms with Gasteiger partial charge in [-0.1, -0.05) is 6.92 Å². The van der Waals surface area contributed by atoms with Crippen LogP contribution in [0.1, 0.15) is 61.4 Å². The van der Waals surface area contributed by atoms with Crippen LogP contribution in [0.15, 0.2) is 18.2 Å². The Balaban J connectivity index is 1.54. The van der Waals surface area contributed by atoms with Crippen LogP contribution in [-0.4, -0.2) is 42.9 Å². The number of anilines is 1. The monoisotopic (exact) mass is 371 g/mol. The average Bonchev–Trinajstić information content (AvgIpc) is 2.68. The molecule has 3 rings (SSSR count). The average molecular weight is 372 g/mol. The molecule has 1 aromatic rings. The molecule has 2 N–H and O–H groups in total. The molecule has 0 radical (unpaired) electrons. The number of nitrogens with zero attached hydrogens (tertiary/aromatic N) is 1. The van der Waals surface area contributed by atoms with Crippen LogP contribution < -0.4 is 10.6 Å². The van der Waals surface area contributed by atoms with Crippen molar-refractivity contribution in [1.29, 1.82) is 0 Å². The van der Waals surface area contributed by atoms with Crippen LogP contribution in [-0.2, 0) is 4.79 Å². The molecule has 27 heavy (non-hydrogen) atoms. The predicted molar refractivity (Wildman–Crippen MR) is 109 cm³/mol. The summed E-state index contributed by atoms with van der Waals surface area (Å²) in [4.78, 5) is 27.0. The van der Waals surface area contributed by atoms with Crippen LogP contribution in [0.5, 0.6) is 0 Å². The molecule has 0 aliphatic carbocycles. The zero-order valence-electron chi connectivity index (χ0n) is 16.7. The van der Waals surface area contributed by atoms with E-state index in [-0.39, 0.29) is 11.8 Å². The van der Waals surface area contributed by atoms with Gasteiger partial charge < -0.3 is 15.5 Å². The number of hydrogen-bond donors (Lipinski definition) is 2. The van der Waals surface area contributed by atoms with E-state index >= 15 is 0 Å². The molecule has 2 aliphatic heterocycles. The first-order chi connectivity index (χ1) is 13.0. The van der Waals surface area contributed by atoms with E-state index in [2.05, 4.69) is 17.6 Å². The molecule has 0 saturated carbocycles. The van der Waals surface area contributed by atoms with Gasteiger partial charge in [-0.25, -0.2) is 0 Å². The van der Waals surface area contributed by atoms with Crippen LogP contribution in [0.2, 0.25) is 0 Å². The summed E-state index contributed by atoms with van der Waals surface area (Å²) < 4.78 is 0. The lowest BCUT2D eigenvalue weighted by Crippen LogP contribution is -2.39. The number of rotatable bonds is 5. The largest absolute Gasteiger partial charge is 0.338 e. The topological polar surface area (TPSA) is 61.4 Å². The van der Waals surface area contributed by atoms with Crippen LogP contribution in [0.3, 0.4) is 0 Å². The highest BCUT2D eigenvalue weighted by atomic mass is 16.2. The van der Waals surface area contributed by atoms with Gasteiger partial charge in [0.15, 0.2) is 0 Å². The molecule has 1 aromatic carbocycles. The molecule has 1 atom stereocenters. The molecule has 2 aliphatic rings. The second-order valence-corrected chi connectivity index (χ2v) is 8.31. The van der Waals surface area contributed by atoms with Gasteiger partial charge in [-0.15, -0.1) is 0 Å². The molecule has 0 aromatic heterocycles. The highest BCUT2D eigenvalue weighted by Gasteiger charge is 2.22. The molecular weight excluding hydrogens is 338 g/mol. The van der Waals surface area contributed by atoms with Gasteiger partial charge >= 0.3 is 0 Å². The third-order valence-electron chi connectivity index (χ3n) is 5.93. The van der Waals surface area contributed by atoms with Crippen molar-refractivity contribution in [1.82, 2.24) is 10.2 Å². The molecule has 1 unspecified atom stereocenters. The maximum Gasteiger partial charge on any atom is 0.253 e. The van der Waals surface area contributed by atoms with E-state index in [1.165, 1.54) is 6.42 Å². The summed E-state index contributed by atoms with van der Waals surface area (Å²) in [5.74, 6) is 1.40. The summed E-state index contributed by atoms with van der Waals surface area (Å²) in [6, 6.07) is 5.62. The smallest absolute Gasteiger partial charge is 0.253 e. The van der Waals surface area contributed by atoms with Crippen molar-refractivity contribution in [3.05, 3.63) is 29.3 Å². The van der Waals surface area contributed by atoms with E-state index in [0.717, 1.165) is 63.1 Å². The van der Waals surface area contributed by atoms with Crippen molar-refractivity contribution < 1.29 is 9.59 Å². The summed E-state index contributed by atoms with van der Waals surface area (Å²) in [5.41, 5.74) is 2.48. The Morgan fingerprint density at radius 2 is 2.00 bits per heavy atom. The number of hydrogen-bond acceptors (Lipinski definition) is 3. The Kier molecular flexibility index (Phi) is 6.89. The predicted octanol–water partition coefficient (Wildman–Crippen LogP) is 3.59. The molecule has 0 bridgehead atoms. The standard InChI is InChI=1S/C22H33N3O2/c1-16-4-3-13-25(15-16)22(27)19-6-7-20(17(2)14-19)24-21(26)8-5-18-9-11-23-12-10-18/h6-7,14,16,18,23H,3-5,8-13,15H2,1-2H3,(H,24,26). The first kappa shape index (κ1) is 19.9. The third-order valence-corrected chi connectivity index (χ3v) is 5.93. The van der Waals surface area contributed by atoms with Gasteiger partial charge in [-0.05, 0) is 87.7 Å². The fraction of sp³-hybridized carbons (Fsp3) is 0.636. The Hall–Kier alpha value is -1.88. The first-order valence-corrected chi connectivity index (χ1v) is 10.4. The highest BCUT2D eigenvalue weighted by molar-refractivity contribution is 5.96. The van der Waals surface area contributed by atoms with Crippen LogP contribution in [0, 0.1) is 18.8 Å². The molecule has 2 saturated heterocycles. The van der Waals surface area contributed by atoms with Crippen molar-refractivity contribution in [3.63, 3.8) is 0 Å². The maximum atomic E-state index is 12.7. The van der Waals surface area contributed by atoms with Gasteiger partial charge in [-0.2, -0.15) is 0 Å². The van der Waals surface area contributed by atoms with Gasteiger partial charge in [0, 0.05) is 30.8 Å². The Morgan fingerprint density at radius 3 is 2.70 bits per heavy atom. The summed E-state index contributed by atoms with van der Waals surface area (Å²) in [6.45, 7) is 7.98. The number of carbonyl (C=O) groups excluding carboxylic acids is 2. The van der Waals surface area contributed by atoms with Gasteiger partial charge in [0.2, 0.25) is 5.91 Å². The van der Waals surface area contributed by atoms with Gasteiger partial charge in [0.1, 0.15) is 0 Å². The molecule has 2 heterocycles. The Bertz CT molecular complexity index is 668. The lowest BCUT2D eigenvalue weighted by Gasteiger charge is -2.31. The van der Waals surface area contributed by atoms with Gasteiger partial charge in [0.05, 0.1) is 0 Å². The highest BCUT2D eigenvalue weighted by Crippen LogP contribution is 2.22. The molecular formula is C22H33N3O2. The van der Waals surface area contributed by atoms with E-state index in [1.54, 1.807) is 0 Å². The molecule has 148 valence electrons. The number of aryl methyl sites for hydroxylation is 1. The zero-order valence-corrected chi connectivity index (χ0v) is 16.7.